The summed E-state index contributed by atoms with van der Waals surface area (Å²) in [5.41, 5.74) is 3.06. The third-order valence-electron chi connectivity index (χ3n) is 9.04. The van der Waals surface area contributed by atoms with Gasteiger partial charge in [-0.05, 0) is 78.0 Å². The topological polar surface area (TPSA) is 29.5 Å². The van der Waals surface area contributed by atoms with E-state index >= 15 is 0 Å². The Morgan fingerprint density at radius 3 is 2.08 bits per heavy atom. The predicted octanol–water partition coefficient (Wildman–Crippen LogP) is 8.27. The van der Waals surface area contributed by atoms with Gasteiger partial charge in [-0.15, -0.1) is 0 Å². The van der Waals surface area contributed by atoms with Crippen molar-refractivity contribution in [2.75, 3.05) is 13.7 Å². The summed E-state index contributed by atoms with van der Waals surface area (Å²) in [5.74, 6) is 2.20. The molecule has 1 amide bonds. The van der Waals surface area contributed by atoms with E-state index < -0.39 is 0 Å². The van der Waals surface area contributed by atoms with Crippen LogP contribution in [0.4, 0.5) is 0 Å². The van der Waals surface area contributed by atoms with Crippen molar-refractivity contribution >= 4 is 5.91 Å². The van der Waals surface area contributed by atoms with Crippen LogP contribution in [0.3, 0.4) is 0 Å². The van der Waals surface area contributed by atoms with Crippen molar-refractivity contribution in [3.05, 3.63) is 65.7 Å². The number of carbonyl (C=O) groups excluding carboxylic acids is 1. The average Bonchev–Trinajstić information content (AvgIpc) is 2.89. The molecule has 0 aromatic heterocycles. The van der Waals surface area contributed by atoms with E-state index in [0.717, 1.165) is 36.6 Å². The SMILES string of the molecule is CCC(C)CC1(c2ccccc2)CCC(C)(CN(Cc2ccc(OC)cc2)C(=O)C(C)C(C)C)CC1. The number of ether oxygens (including phenoxy) is 1. The van der Waals surface area contributed by atoms with E-state index in [1.54, 1.807) is 7.11 Å². The smallest absolute Gasteiger partial charge is 0.225 e. The highest BCUT2D eigenvalue weighted by Gasteiger charge is 2.43. The minimum Gasteiger partial charge on any atom is -0.497 e. The largest absolute Gasteiger partial charge is 0.497 e. The van der Waals surface area contributed by atoms with Crippen LogP contribution < -0.4 is 4.74 Å². The van der Waals surface area contributed by atoms with Crippen LogP contribution in [0.1, 0.15) is 91.2 Å². The molecule has 3 nitrogen and oxygen atoms in total. The van der Waals surface area contributed by atoms with Crippen LogP contribution in [0.5, 0.6) is 5.75 Å². The molecule has 2 aromatic rings. The van der Waals surface area contributed by atoms with E-state index in [9.17, 15) is 4.79 Å². The van der Waals surface area contributed by atoms with Gasteiger partial charge in [0, 0.05) is 19.0 Å². The van der Waals surface area contributed by atoms with Crippen molar-refractivity contribution < 1.29 is 9.53 Å². The molecule has 198 valence electrons. The molecule has 2 aromatic carbocycles. The number of hydrogen-bond acceptors (Lipinski definition) is 2. The van der Waals surface area contributed by atoms with Gasteiger partial charge in [0.25, 0.3) is 0 Å². The molecular formula is C33H49NO2. The van der Waals surface area contributed by atoms with Crippen molar-refractivity contribution in [1.29, 1.82) is 0 Å². The van der Waals surface area contributed by atoms with E-state index in [4.69, 9.17) is 4.74 Å². The van der Waals surface area contributed by atoms with E-state index in [-0.39, 0.29) is 22.7 Å². The first kappa shape index (κ1) is 28.3. The molecule has 0 saturated heterocycles. The van der Waals surface area contributed by atoms with E-state index in [0.29, 0.717) is 12.5 Å². The number of carbonyl (C=O) groups is 1. The summed E-state index contributed by atoms with van der Waals surface area (Å²) in [6.45, 7) is 15.0. The Labute approximate surface area is 220 Å². The molecule has 36 heavy (non-hydrogen) atoms. The lowest BCUT2D eigenvalue weighted by atomic mass is 9.59. The molecule has 3 heteroatoms. The van der Waals surface area contributed by atoms with Crippen molar-refractivity contribution in [1.82, 2.24) is 4.90 Å². The fourth-order valence-corrected chi connectivity index (χ4v) is 5.90. The normalized spacial score (nSPS) is 23.8. The lowest BCUT2D eigenvalue weighted by molar-refractivity contribution is -0.139. The zero-order valence-corrected chi connectivity index (χ0v) is 23.8. The van der Waals surface area contributed by atoms with Gasteiger partial charge < -0.3 is 9.64 Å². The quantitative estimate of drug-likeness (QED) is 0.316. The molecule has 1 aliphatic rings. The Balaban J connectivity index is 1.81. The van der Waals surface area contributed by atoms with Gasteiger partial charge in [-0.2, -0.15) is 0 Å². The van der Waals surface area contributed by atoms with Crippen LogP contribution in [0.25, 0.3) is 0 Å². The van der Waals surface area contributed by atoms with Crippen molar-refractivity contribution in [3.8, 4) is 5.75 Å². The lowest BCUT2D eigenvalue weighted by Crippen LogP contribution is -2.46. The Hall–Kier alpha value is -2.29. The summed E-state index contributed by atoms with van der Waals surface area (Å²) in [7, 11) is 1.69. The standard InChI is InChI=1S/C33H49NO2/c1-8-26(4)22-33(29-12-10-9-11-13-29)20-18-32(6,19-21-33)24-34(31(35)27(5)25(2)3)23-28-14-16-30(36-7)17-15-28/h9-17,25-27H,8,18-24H2,1-7H3. The minimum atomic E-state index is 0.0178. The monoisotopic (exact) mass is 491 g/mol. The molecule has 3 rings (SSSR count). The maximum absolute atomic E-state index is 13.7. The predicted molar refractivity (Wildman–Crippen MR) is 151 cm³/mol. The summed E-state index contributed by atoms with van der Waals surface area (Å²) in [5, 5.41) is 0. The Kier molecular flexibility index (Phi) is 9.66. The summed E-state index contributed by atoms with van der Waals surface area (Å²) in [6.07, 6.45) is 7.18. The zero-order valence-electron chi connectivity index (χ0n) is 23.8. The second-order valence-corrected chi connectivity index (χ2v) is 12.2. The van der Waals surface area contributed by atoms with Gasteiger partial charge in [-0.3, -0.25) is 4.79 Å². The molecule has 2 atom stereocenters. The van der Waals surface area contributed by atoms with Gasteiger partial charge in [0.1, 0.15) is 5.75 Å². The lowest BCUT2D eigenvalue weighted by Gasteiger charge is -2.48. The highest BCUT2D eigenvalue weighted by molar-refractivity contribution is 5.78. The molecule has 0 aliphatic heterocycles. The van der Waals surface area contributed by atoms with E-state index in [2.05, 4.69) is 88.9 Å². The number of nitrogens with zero attached hydrogens (tertiary/aromatic N) is 1. The van der Waals surface area contributed by atoms with E-state index in [1.807, 2.05) is 12.1 Å². The fourth-order valence-electron chi connectivity index (χ4n) is 5.90. The molecule has 0 heterocycles. The molecule has 1 aliphatic carbocycles. The summed E-state index contributed by atoms with van der Waals surface area (Å²) in [4.78, 5) is 15.8. The van der Waals surface area contributed by atoms with Gasteiger partial charge in [0.2, 0.25) is 5.91 Å². The maximum atomic E-state index is 13.7. The maximum Gasteiger partial charge on any atom is 0.225 e. The second-order valence-electron chi connectivity index (χ2n) is 12.2. The molecule has 0 spiro atoms. The summed E-state index contributed by atoms with van der Waals surface area (Å²) in [6, 6.07) is 19.4. The molecule has 2 unspecified atom stereocenters. The number of methoxy groups -OCH3 is 1. The number of rotatable bonds is 11. The van der Waals surface area contributed by atoms with E-state index in [1.165, 1.54) is 31.2 Å². The molecular weight excluding hydrogens is 442 g/mol. The highest BCUT2D eigenvalue weighted by atomic mass is 16.5. The molecule has 1 fully saturated rings. The number of hydrogen-bond donors (Lipinski definition) is 0. The van der Waals surface area contributed by atoms with Gasteiger partial charge >= 0.3 is 0 Å². The molecule has 0 bridgehead atoms. The summed E-state index contributed by atoms with van der Waals surface area (Å²) >= 11 is 0. The highest BCUT2D eigenvalue weighted by Crippen LogP contribution is 2.50. The van der Waals surface area contributed by atoms with Gasteiger partial charge in [0.15, 0.2) is 0 Å². The number of benzene rings is 2. The Bertz CT molecular complexity index is 941. The Morgan fingerprint density at radius 2 is 1.56 bits per heavy atom. The van der Waals surface area contributed by atoms with Crippen LogP contribution in [0.15, 0.2) is 54.6 Å². The number of amides is 1. The van der Waals surface area contributed by atoms with Crippen LogP contribution >= 0.6 is 0 Å². The third-order valence-corrected chi connectivity index (χ3v) is 9.04. The first-order valence-corrected chi connectivity index (χ1v) is 14.1. The molecule has 1 saturated carbocycles. The van der Waals surface area contributed by atoms with Crippen molar-refractivity contribution in [2.24, 2.45) is 23.2 Å². The van der Waals surface area contributed by atoms with Gasteiger partial charge in [-0.1, -0.05) is 90.4 Å². The fraction of sp³-hybridized carbons (Fsp3) is 0.606. The average molecular weight is 492 g/mol. The summed E-state index contributed by atoms with van der Waals surface area (Å²) < 4.78 is 5.34. The van der Waals surface area contributed by atoms with Crippen LogP contribution in [0.2, 0.25) is 0 Å². The van der Waals surface area contributed by atoms with Gasteiger partial charge in [0.05, 0.1) is 7.11 Å². The third kappa shape index (κ3) is 6.93. The first-order chi connectivity index (χ1) is 17.1. The Morgan fingerprint density at radius 1 is 0.944 bits per heavy atom. The van der Waals surface area contributed by atoms with Crippen molar-refractivity contribution in [3.63, 3.8) is 0 Å². The van der Waals surface area contributed by atoms with Crippen LogP contribution in [-0.2, 0) is 16.8 Å². The minimum absolute atomic E-state index is 0.0178. The first-order valence-electron chi connectivity index (χ1n) is 14.1. The van der Waals surface area contributed by atoms with Crippen molar-refractivity contribution in [2.45, 2.75) is 92.0 Å². The second kappa shape index (κ2) is 12.3. The molecule has 0 radical (unpaired) electrons. The van der Waals surface area contributed by atoms with Gasteiger partial charge in [-0.25, -0.2) is 0 Å². The zero-order chi connectivity index (χ0) is 26.3. The molecule has 0 N–H and O–H groups in total. The van der Waals surface area contributed by atoms with Crippen LogP contribution in [-0.4, -0.2) is 24.5 Å². The van der Waals surface area contributed by atoms with Crippen LogP contribution in [0, 0.1) is 23.2 Å².